The number of nitrogens with zero attached hydrogens (tertiary/aromatic N) is 1. The fourth-order valence-corrected chi connectivity index (χ4v) is 1.97. The van der Waals surface area contributed by atoms with Gasteiger partial charge in [0.1, 0.15) is 5.75 Å². The van der Waals surface area contributed by atoms with E-state index in [9.17, 15) is 9.59 Å². The quantitative estimate of drug-likeness (QED) is 0.835. The molecule has 5 heteroatoms. The van der Waals surface area contributed by atoms with Crippen LogP contribution in [0.2, 0.25) is 0 Å². The number of para-hydroxylation sites is 1. The molecule has 0 saturated carbocycles. The molecule has 0 atom stereocenters. The molecular formula is C16H24N2O3. The van der Waals surface area contributed by atoms with E-state index in [1.54, 1.807) is 30.1 Å². The summed E-state index contributed by atoms with van der Waals surface area (Å²) < 4.78 is 5.41. The lowest BCUT2D eigenvalue weighted by molar-refractivity contribution is -0.129. The third-order valence-corrected chi connectivity index (χ3v) is 2.90. The molecule has 1 aromatic rings. The Bertz CT molecular complexity index is 486. The van der Waals surface area contributed by atoms with Crippen LogP contribution in [-0.4, -0.2) is 43.5 Å². The molecule has 0 saturated heterocycles. The Morgan fingerprint density at radius 2 is 1.95 bits per heavy atom. The van der Waals surface area contributed by atoms with Crippen molar-refractivity contribution in [1.29, 1.82) is 0 Å². The van der Waals surface area contributed by atoms with Gasteiger partial charge in [-0.3, -0.25) is 9.59 Å². The number of carbonyl (C=O) groups is 2. The van der Waals surface area contributed by atoms with Gasteiger partial charge in [0.15, 0.2) is 0 Å². The molecule has 0 aliphatic carbocycles. The third kappa shape index (κ3) is 5.45. The molecule has 1 rings (SSSR count). The fraction of sp³-hybridized carbons (Fsp3) is 0.500. The number of rotatable bonds is 7. The summed E-state index contributed by atoms with van der Waals surface area (Å²) in [6.07, 6.45) is 0. The molecule has 1 aromatic carbocycles. The molecule has 116 valence electrons. The normalized spacial score (nSPS) is 10.3. The predicted molar refractivity (Wildman–Crippen MR) is 82.4 cm³/mol. The second-order valence-electron chi connectivity index (χ2n) is 5.28. The van der Waals surface area contributed by atoms with Crippen molar-refractivity contribution in [2.45, 2.75) is 20.8 Å². The number of nitrogens with one attached hydrogen (secondary N) is 1. The van der Waals surface area contributed by atoms with Crippen LogP contribution < -0.4 is 10.1 Å². The van der Waals surface area contributed by atoms with E-state index in [-0.39, 0.29) is 18.4 Å². The highest BCUT2D eigenvalue weighted by atomic mass is 16.5. The Morgan fingerprint density at radius 3 is 2.57 bits per heavy atom. The highest BCUT2D eigenvalue weighted by Gasteiger charge is 2.15. The molecule has 21 heavy (non-hydrogen) atoms. The smallest absolute Gasteiger partial charge is 0.255 e. The minimum atomic E-state index is -0.301. The molecular weight excluding hydrogens is 268 g/mol. The zero-order valence-corrected chi connectivity index (χ0v) is 13.2. The van der Waals surface area contributed by atoms with Gasteiger partial charge in [-0.25, -0.2) is 0 Å². The third-order valence-electron chi connectivity index (χ3n) is 2.90. The SMILES string of the molecule is CCOc1ccccc1C(=O)NCC(=O)N(C)CC(C)C. The first-order chi connectivity index (χ1) is 9.95. The average molecular weight is 292 g/mol. The number of carbonyl (C=O) groups excluding carboxylic acids is 2. The molecule has 0 bridgehead atoms. The average Bonchev–Trinajstić information content (AvgIpc) is 2.44. The highest BCUT2D eigenvalue weighted by molar-refractivity contribution is 5.98. The Kier molecular flexibility index (Phi) is 6.72. The van der Waals surface area contributed by atoms with E-state index in [0.29, 0.717) is 30.4 Å². The number of amides is 2. The number of hydrogen-bond acceptors (Lipinski definition) is 3. The maximum Gasteiger partial charge on any atom is 0.255 e. The van der Waals surface area contributed by atoms with Crippen molar-refractivity contribution in [2.75, 3.05) is 26.7 Å². The summed E-state index contributed by atoms with van der Waals surface area (Å²) in [4.78, 5) is 25.7. The van der Waals surface area contributed by atoms with Crippen LogP contribution >= 0.6 is 0 Å². The van der Waals surface area contributed by atoms with Gasteiger partial charge in [0.05, 0.1) is 18.7 Å². The standard InChI is InChI=1S/C16H24N2O3/c1-5-21-14-9-7-6-8-13(14)16(20)17-10-15(19)18(4)11-12(2)3/h6-9,12H,5,10-11H2,1-4H3,(H,17,20). The van der Waals surface area contributed by atoms with E-state index < -0.39 is 0 Å². The highest BCUT2D eigenvalue weighted by Crippen LogP contribution is 2.17. The second-order valence-corrected chi connectivity index (χ2v) is 5.28. The van der Waals surface area contributed by atoms with Crippen molar-refractivity contribution < 1.29 is 14.3 Å². The van der Waals surface area contributed by atoms with Crippen molar-refractivity contribution in [1.82, 2.24) is 10.2 Å². The molecule has 0 aliphatic rings. The van der Waals surface area contributed by atoms with E-state index in [2.05, 4.69) is 5.32 Å². The monoisotopic (exact) mass is 292 g/mol. The molecule has 0 unspecified atom stereocenters. The first-order valence-electron chi connectivity index (χ1n) is 7.19. The molecule has 0 spiro atoms. The molecule has 0 aromatic heterocycles. The summed E-state index contributed by atoms with van der Waals surface area (Å²) >= 11 is 0. The van der Waals surface area contributed by atoms with E-state index in [1.165, 1.54) is 0 Å². The Morgan fingerprint density at radius 1 is 1.29 bits per heavy atom. The number of hydrogen-bond donors (Lipinski definition) is 1. The number of likely N-dealkylation sites (N-methyl/N-ethyl adjacent to an activating group) is 1. The van der Waals surface area contributed by atoms with E-state index >= 15 is 0 Å². The van der Waals surface area contributed by atoms with E-state index in [0.717, 1.165) is 0 Å². The second kappa shape index (κ2) is 8.29. The molecule has 2 amide bonds. The number of ether oxygens (including phenoxy) is 1. The van der Waals surface area contributed by atoms with E-state index in [1.807, 2.05) is 26.8 Å². The van der Waals surface area contributed by atoms with Gasteiger partial charge < -0.3 is 15.0 Å². The molecule has 0 heterocycles. The van der Waals surface area contributed by atoms with Crippen LogP contribution in [0, 0.1) is 5.92 Å². The van der Waals surface area contributed by atoms with Crippen LogP contribution in [0.25, 0.3) is 0 Å². The molecule has 0 aliphatic heterocycles. The van der Waals surface area contributed by atoms with E-state index in [4.69, 9.17) is 4.74 Å². The summed E-state index contributed by atoms with van der Waals surface area (Å²) in [5.74, 6) is 0.519. The van der Waals surface area contributed by atoms with Crippen molar-refractivity contribution in [3.05, 3.63) is 29.8 Å². The summed E-state index contributed by atoms with van der Waals surface area (Å²) in [7, 11) is 1.74. The predicted octanol–water partition coefficient (Wildman–Crippen LogP) is 1.93. The minimum absolute atomic E-state index is 0.0114. The first kappa shape index (κ1) is 17.0. The van der Waals surface area contributed by atoms with Crippen molar-refractivity contribution in [2.24, 2.45) is 5.92 Å². The van der Waals surface area contributed by atoms with Crippen LogP contribution in [0.15, 0.2) is 24.3 Å². The van der Waals surface area contributed by atoms with Gasteiger partial charge in [-0.15, -0.1) is 0 Å². The van der Waals surface area contributed by atoms with Gasteiger partial charge in [-0.2, -0.15) is 0 Å². The maximum absolute atomic E-state index is 12.1. The minimum Gasteiger partial charge on any atom is -0.493 e. The molecule has 0 fully saturated rings. The van der Waals surface area contributed by atoms with Crippen LogP contribution in [0.3, 0.4) is 0 Å². The van der Waals surface area contributed by atoms with Gasteiger partial charge in [-0.05, 0) is 25.0 Å². The van der Waals surface area contributed by atoms with Gasteiger partial charge >= 0.3 is 0 Å². The summed E-state index contributed by atoms with van der Waals surface area (Å²) in [6.45, 7) is 7.09. The van der Waals surface area contributed by atoms with Crippen molar-refractivity contribution in [3.63, 3.8) is 0 Å². The Balaban J connectivity index is 2.60. The van der Waals surface area contributed by atoms with Crippen molar-refractivity contribution in [3.8, 4) is 5.75 Å². The van der Waals surface area contributed by atoms with Crippen molar-refractivity contribution >= 4 is 11.8 Å². The van der Waals surface area contributed by atoms with Gasteiger partial charge in [-0.1, -0.05) is 26.0 Å². The lowest BCUT2D eigenvalue weighted by Gasteiger charge is -2.19. The van der Waals surface area contributed by atoms with Crippen LogP contribution in [0.4, 0.5) is 0 Å². The Labute approximate surface area is 126 Å². The van der Waals surface area contributed by atoms with Gasteiger partial charge in [0.25, 0.3) is 5.91 Å². The van der Waals surface area contributed by atoms with Crippen LogP contribution in [-0.2, 0) is 4.79 Å². The topological polar surface area (TPSA) is 58.6 Å². The number of benzene rings is 1. The van der Waals surface area contributed by atoms with Crippen LogP contribution in [0.1, 0.15) is 31.1 Å². The first-order valence-corrected chi connectivity index (χ1v) is 7.19. The summed E-state index contributed by atoms with van der Waals surface area (Å²) in [6, 6.07) is 7.00. The lowest BCUT2D eigenvalue weighted by Crippen LogP contribution is -2.39. The van der Waals surface area contributed by atoms with Gasteiger partial charge in [0, 0.05) is 13.6 Å². The zero-order valence-electron chi connectivity index (χ0n) is 13.2. The largest absolute Gasteiger partial charge is 0.493 e. The van der Waals surface area contributed by atoms with Crippen LogP contribution in [0.5, 0.6) is 5.75 Å². The molecule has 0 radical (unpaired) electrons. The van der Waals surface area contributed by atoms with Gasteiger partial charge in [0.2, 0.25) is 5.91 Å². The maximum atomic E-state index is 12.1. The fourth-order valence-electron chi connectivity index (χ4n) is 1.97. The summed E-state index contributed by atoms with van der Waals surface area (Å²) in [5.41, 5.74) is 0.443. The molecule has 5 nitrogen and oxygen atoms in total. The lowest BCUT2D eigenvalue weighted by atomic mass is 10.2. The zero-order chi connectivity index (χ0) is 15.8. The summed E-state index contributed by atoms with van der Waals surface area (Å²) in [5, 5.41) is 2.64. The molecule has 1 N–H and O–H groups in total. The Hall–Kier alpha value is -2.04.